The first-order valence-corrected chi connectivity index (χ1v) is 11.2. The largest absolute Gasteiger partial charge is 0.367 e. The lowest BCUT2D eigenvalue weighted by Crippen LogP contribution is -2.20. The van der Waals surface area contributed by atoms with E-state index in [1.165, 1.54) is 24.5 Å². The Morgan fingerprint density at radius 3 is 2.81 bits per heavy atom. The van der Waals surface area contributed by atoms with Crippen molar-refractivity contribution in [3.8, 4) is 0 Å². The smallest absolute Gasteiger partial charge is 0.229 e. The van der Waals surface area contributed by atoms with Gasteiger partial charge in [-0.25, -0.2) is 9.37 Å². The van der Waals surface area contributed by atoms with E-state index in [-0.39, 0.29) is 5.02 Å². The van der Waals surface area contributed by atoms with Crippen LogP contribution in [0.5, 0.6) is 0 Å². The molecule has 7 heteroatoms. The summed E-state index contributed by atoms with van der Waals surface area (Å²) >= 11 is 5.96. The number of aromatic nitrogens is 2. The Hall–Kier alpha value is -2.70. The average molecular weight is 438 g/mol. The molecule has 2 aliphatic rings. The van der Waals surface area contributed by atoms with Crippen molar-refractivity contribution in [1.82, 2.24) is 15.3 Å². The summed E-state index contributed by atoms with van der Waals surface area (Å²) in [4.78, 5) is 9.65. The molecule has 3 aromatic rings. The normalized spacial score (nSPS) is 17.3. The van der Waals surface area contributed by atoms with Crippen molar-refractivity contribution in [3.05, 3.63) is 58.9 Å². The summed E-state index contributed by atoms with van der Waals surface area (Å²) in [5, 5.41) is 11.3. The molecule has 2 aromatic carbocycles. The standard InChI is InChI=1S/C24H25ClFN5/c1-14(15-5-6-15)28-23-19-4-2-3-18(16-9-11-27-12-10-16)22(19)30-24(31-23)29-17-7-8-21(26)20(25)13-17/h2-4,7-9,13-15,27H,5-6,10-12H2,1H3,(H2,28,29,30,31). The number of nitrogens with one attached hydrogen (secondary N) is 3. The summed E-state index contributed by atoms with van der Waals surface area (Å²) in [5.41, 5.74) is 3.97. The zero-order valence-corrected chi connectivity index (χ0v) is 18.1. The van der Waals surface area contributed by atoms with Gasteiger partial charge in [-0.15, -0.1) is 0 Å². The van der Waals surface area contributed by atoms with Crippen LogP contribution in [0.2, 0.25) is 5.02 Å². The van der Waals surface area contributed by atoms with Crippen LogP contribution in [0.25, 0.3) is 16.5 Å². The monoisotopic (exact) mass is 437 g/mol. The van der Waals surface area contributed by atoms with E-state index in [4.69, 9.17) is 21.6 Å². The molecule has 0 radical (unpaired) electrons. The van der Waals surface area contributed by atoms with Crippen LogP contribution in [0.4, 0.5) is 21.8 Å². The highest BCUT2D eigenvalue weighted by atomic mass is 35.5. The molecule has 5 rings (SSSR count). The fourth-order valence-electron chi connectivity index (χ4n) is 4.08. The number of benzene rings is 2. The molecule has 1 fully saturated rings. The lowest BCUT2D eigenvalue weighted by Gasteiger charge is -2.19. The Labute approximate surface area is 186 Å². The number of anilines is 3. The minimum Gasteiger partial charge on any atom is -0.367 e. The fourth-order valence-corrected chi connectivity index (χ4v) is 4.26. The molecule has 1 atom stereocenters. The molecule has 1 aliphatic carbocycles. The van der Waals surface area contributed by atoms with Crippen LogP contribution in [-0.2, 0) is 0 Å². The van der Waals surface area contributed by atoms with E-state index in [0.717, 1.165) is 41.8 Å². The molecule has 0 saturated heterocycles. The van der Waals surface area contributed by atoms with E-state index in [2.05, 4.69) is 47.1 Å². The van der Waals surface area contributed by atoms with Crippen LogP contribution in [0.15, 0.2) is 42.5 Å². The molecule has 1 saturated carbocycles. The highest BCUT2D eigenvalue weighted by molar-refractivity contribution is 6.31. The summed E-state index contributed by atoms with van der Waals surface area (Å²) in [7, 11) is 0. The summed E-state index contributed by atoms with van der Waals surface area (Å²) in [5.74, 6) is 1.51. The maximum atomic E-state index is 13.6. The zero-order valence-electron chi connectivity index (χ0n) is 17.4. The van der Waals surface area contributed by atoms with Gasteiger partial charge in [-0.1, -0.05) is 29.8 Å². The number of hydrogen-bond donors (Lipinski definition) is 3. The predicted molar refractivity (Wildman–Crippen MR) is 126 cm³/mol. The second-order valence-electron chi connectivity index (χ2n) is 8.31. The maximum Gasteiger partial charge on any atom is 0.229 e. The minimum atomic E-state index is -0.451. The van der Waals surface area contributed by atoms with Gasteiger partial charge in [0.25, 0.3) is 0 Å². The molecule has 0 amide bonds. The highest BCUT2D eigenvalue weighted by Gasteiger charge is 2.28. The first-order chi connectivity index (χ1) is 15.1. The summed E-state index contributed by atoms with van der Waals surface area (Å²) in [6.07, 6.45) is 5.69. The zero-order chi connectivity index (χ0) is 21.4. The third kappa shape index (κ3) is 4.36. The summed E-state index contributed by atoms with van der Waals surface area (Å²) in [6, 6.07) is 11.1. The molecule has 0 spiro atoms. The molecule has 1 aromatic heterocycles. The van der Waals surface area contributed by atoms with Crippen LogP contribution in [0.1, 0.15) is 31.7 Å². The molecule has 5 nitrogen and oxygen atoms in total. The molecular formula is C24H25ClFN5. The lowest BCUT2D eigenvalue weighted by molar-refractivity contribution is 0.628. The Morgan fingerprint density at radius 2 is 2.06 bits per heavy atom. The Morgan fingerprint density at radius 1 is 1.19 bits per heavy atom. The Bertz CT molecular complexity index is 1160. The van der Waals surface area contributed by atoms with E-state index in [1.807, 2.05) is 0 Å². The van der Waals surface area contributed by atoms with E-state index in [1.54, 1.807) is 12.1 Å². The molecule has 31 heavy (non-hydrogen) atoms. The van der Waals surface area contributed by atoms with E-state index >= 15 is 0 Å². The molecule has 1 aliphatic heterocycles. The Kier molecular flexibility index (Phi) is 5.50. The van der Waals surface area contributed by atoms with Crippen molar-refractivity contribution in [1.29, 1.82) is 0 Å². The summed E-state index contributed by atoms with van der Waals surface area (Å²) in [6.45, 7) is 4.02. The quantitative estimate of drug-likeness (QED) is 0.458. The number of fused-ring (bicyclic) bond motifs is 1. The van der Waals surface area contributed by atoms with Gasteiger partial charge in [-0.3, -0.25) is 0 Å². The van der Waals surface area contributed by atoms with E-state index < -0.39 is 5.82 Å². The van der Waals surface area contributed by atoms with Crippen LogP contribution < -0.4 is 16.0 Å². The van der Waals surface area contributed by atoms with Gasteiger partial charge in [0.15, 0.2) is 0 Å². The van der Waals surface area contributed by atoms with Crippen LogP contribution in [0, 0.1) is 11.7 Å². The number of rotatable bonds is 6. The third-order valence-electron chi connectivity index (χ3n) is 6.01. The molecule has 3 N–H and O–H groups in total. The first kappa shape index (κ1) is 20.2. The maximum absolute atomic E-state index is 13.6. The molecule has 0 bridgehead atoms. The van der Waals surface area contributed by atoms with Crippen molar-refractivity contribution in [2.24, 2.45) is 5.92 Å². The van der Waals surface area contributed by atoms with Crippen molar-refractivity contribution >= 4 is 45.5 Å². The fraction of sp³-hybridized carbons (Fsp3) is 0.333. The predicted octanol–water partition coefficient (Wildman–Crippen LogP) is 5.75. The van der Waals surface area contributed by atoms with Crippen LogP contribution in [-0.4, -0.2) is 29.1 Å². The van der Waals surface area contributed by atoms with Gasteiger partial charge in [0, 0.05) is 29.2 Å². The van der Waals surface area contributed by atoms with Gasteiger partial charge in [-0.2, -0.15) is 4.98 Å². The van der Waals surface area contributed by atoms with E-state index in [9.17, 15) is 4.39 Å². The molecular weight excluding hydrogens is 413 g/mol. The lowest BCUT2D eigenvalue weighted by atomic mass is 9.97. The van der Waals surface area contributed by atoms with Crippen molar-refractivity contribution in [2.45, 2.75) is 32.2 Å². The van der Waals surface area contributed by atoms with Gasteiger partial charge in [0.05, 0.1) is 10.5 Å². The second-order valence-corrected chi connectivity index (χ2v) is 8.71. The third-order valence-corrected chi connectivity index (χ3v) is 6.30. The number of para-hydroxylation sites is 1. The molecule has 2 heterocycles. The first-order valence-electron chi connectivity index (χ1n) is 10.8. The average Bonchev–Trinajstić information content (AvgIpc) is 3.62. The van der Waals surface area contributed by atoms with E-state index in [0.29, 0.717) is 23.6 Å². The molecule has 1 unspecified atom stereocenters. The topological polar surface area (TPSA) is 61.9 Å². The van der Waals surface area contributed by atoms with Gasteiger partial charge < -0.3 is 16.0 Å². The molecule has 160 valence electrons. The van der Waals surface area contributed by atoms with Crippen LogP contribution in [0.3, 0.4) is 0 Å². The van der Waals surface area contributed by atoms with Gasteiger partial charge >= 0.3 is 0 Å². The second kappa shape index (κ2) is 8.44. The number of hydrogen-bond acceptors (Lipinski definition) is 5. The van der Waals surface area contributed by atoms with Crippen molar-refractivity contribution in [3.63, 3.8) is 0 Å². The minimum absolute atomic E-state index is 0.0621. The van der Waals surface area contributed by atoms with Crippen LogP contribution >= 0.6 is 11.6 Å². The Balaban J connectivity index is 1.60. The highest BCUT2D eigenvalue weighted by Crippen LogP contribution is 2.36. The van der Waals surface area contributed by atoms with Crippen molar-refractivity contribution < 1.29 is 4.39 Å². The van der Waals surface area contributed by atoms with Gasteiger partial charge in [0.1, 0.15) is 11.6 Å². The van der Waals surface area contributed by atoms with Crippen molar-refractivity contribution in [2.75, 3.05) is 23.7 Å². The summed E-state index contributed by atoms with van der Waals surface area (Å²) < 4.78 is 13.6. The number of halogens is 2. The number of nitrogens with zero attached hydrogens (tertiary/aromatic N) is 2. The van der Waals surface area contributed by atoms with Gasteiger partial charge in [0.2, 0.25) is 5.95 Å². The SMILES string of the molecule is CC(Nc1nc(Nc2ccc(F)c(Cl)c2)nc2c(C3=CCNCC3)cccc12)C1CC1. The van der Waals surface area contributed by atoms with Gasteiger partial charge in [-0.05, 0) is 68.5 Å².